The Kier molecular flexibility index (Phi) is 5.78. The fourth-order valence-corrected chi connectivity index (χ4v) is 4.79. The summed E-state index contributed by atoms with van der Waals surface area (Å²) in [6.45, 7) is -0.574. The van der Waals surface area contributed by atoms with E-state index in [1.807, 2.05) is 48.5 Å². The topological polar surface area (TPSA) is 132 Å². The van der Waals surface area contributed by atoms with Gasteiger partial charge in [-0.05, 0) is 34.4 Å². The Morgan fingerprint density at radius 1 is 1.03 bits per heavy atom. The number of β-amino-alcohol motifs (C(OH)–C–C–N with tert-alkyl or cyclic N) is 1. The van der Waals surface area contributed by atoms with Crippen molar-refractivity contribution in [1.82, 2.24) is 15.2 Å². The summed E-state index contributed by atoms with van der Waals surface area (Å²) in [7, 11) is 0. The number of benzene rings is 2. The Morgan fingerprint density at radius 3 is 2.23 bits per heavy atom. The number of aromatic nitrogens is 1. The summed E-state index contributed by atoms with van der Waals surface area (Å²) in [6.07, 6.45) is 1.13. The molecule has 9 nitrogen and oxygen atoms in total. The Hall–Kier alpha value is -4.11. The van der Waals surface area contributed by atoms with Crippen molar-refractivity contribution in [1.29, 1.82) is 0 Å². The molecule has 1 atom stereocenters. The van der Waals surface area contributed by atoms with Crippen molar-refractivity contribution >= 4 is 18.0 Å². The van der Waals surface area contributed by atoms with Gasteiger partial charge in [-0.2, -0.15) is 0 Å². The van der Waals surface area contributed by atoms with Crippen LogP contribution in [0.5, 0.6) is 0 Å². The van der Waals surface area contributed by atoms with Gasteiger partial charge in [0.2, 0.25) is 5.91 Å². The van der Waals surface area contributed by atoms with E-state index >= 15 is 0 Å². The highest BCUT2D eigenvalue weighted by Gasteiger charge is 2.51. The van der Waals surface area contributed by atoms with Gasteiger partial charge in [0.15, 0.2) is 5.60 Å². The molecule has 35 heavy (non-hydrogen) atoms. The van der Waals surface area contributed by atoms with Gasteiger partial charge in [0, 0.05) is 24.2 Å². The van der Waals surface area contributed by atoms with Crippen LogP contribution < -0.4 is 5.32 Å². The number of nitrogens with zero attached hydrogens (tertiary/aromatic N) is 1. The number of rotatable bonds is 7. The average molecular weight is 476 g/mol. The lowest BCUT2D eigenvalue weighted by Gasteiger charge is -2.44. The minimum absolute atomic E-state index is 0.103. The second-order valence-corrected chi connectivity index (χ2v) is 8.95. The molecule has 2 aliphatic rings. The van der Waals surface area contributed by atoms with Crippen molar-refractivity contribution < 1.29 is 29.3 Å². The monoisotopic (exact) mass is 475 g/mol. The standard InChI is InChI=1S/C26H25N3O6/c30-23(29-14-26(34,15-29)24(31)32)22(12-16-6-5-11-27-16)28-25(33)35-13-21-19-9-3-1-7-17(19)18-8-2-4-10-20(18)21/h1-11,21-22,27,34H,12-15H2,(H,28,33)(H,31,32). The highest BCUT2D eigenvalue weighted by Crippen LogP contribution is 2.44. The Balaban J connectivity index is 1.27. The first-order chi connectivity index (χ1) is 16.9. The van der Waals surface area contributed by atoms with Crippen LogP contribution in [0, 0.1) is 0 Å². The third-order valence-electron chi connectivity index (χ3n) is 6.63. The third kappa shape index (κ3) is 4.26. The molecule has 0 bridgehead atoms. The molecular weight excluding hydrogens is 450 g/mol. The third-order valence-corrected chi connectivity index (χ3v) is 6.63. The van der Waals surface area contributed by atoms with Crippen molar-refractivity contribution in [2.75, 3.05) is 19.7 Å². The maximum atomic E-state index is 13.0. The molecule has 1 aliphatic heterocycles. The smallest absolute Gasteiger partial charge is 0.407 e. The summed E-state index contributed by atoms with van der Waals surface area (Å²) >= 11 is 0. The molecule has 3 aromatic rings. The molecule has 0 radical (unpaired) electrons. The average Bonchev–Trinajstić information content (AvgIpc) is 3.46. The van der Waals surface area contributed by atoms with E-state index in [9.17, 15) is 19.5 Å². The number of fused-ring (bicyclic) bond motifs is 3. The molecule has 4 N–H and O–H groups in total. The SMILES string of the molecule is O=C(NC(Cc1ccc[nH]1)C(=O)N1CC(O)(C(=O)O)C1)OCC1c2ccccc2-c2ccccc21. The van der Waals surface area contributed by atoms with E-state index in [-0.39, 0.29) is 32.0 Å². The molecule has 5 rings (SSSR count). The van der Waals surface area contributed by atoms with Crippen molar-refractivity contribution in [2.45, 2.75) is 24.0 Å². The van der Waals surface area contributed by atoms with Gasteiger partial charge in [-0.15, -0.1) is 0 Å². The number of carbonyl (C=O) groups is 3. The number of hydrogen-bond acceptors (Lipinski definition) is 5. The number of carbonyl (C=O) groups excluding carboxylic acids is 2. The van der Waals surface area contributed by atoms with Crippen molar-refractivity contribution in [2.24, 2.45) is 0 Å². The molecule has 1 saturated heterocycles. The van der Waals surface area contributed by atoms with Gasteiger partial charge in [-0.1, -0.05) is 48.5 Å². The lowest BCUT2D eigenvalue weighted by molar-refractivity contribution is -0.182. The molecular formula is C26H25N3O6. The fraction of sp³-hybridized carbons (Fsp3) is 0.269. The van der Waals surface area contributed by atoms with Gasteiger partial charge in [0.1, 0.15) is 12.6 Å². The van der Waals surface area contributed by atoms with Gasteiger partial charge >= 0.3 is 12.1 Å². The highest BCUT2D eigenvalue weighted by molar-refractivity contribution is 5.90. The van der Waals surface area contributed by atoms with Gasteiger partial charge in [-0.3, -0.25) is 4.79 Å². The first kappa shape index (κ1) is 22.7. The highest BCUT2D eigenvalue weighted by atomic mass is 16.5. The van der Waals surface area contributed by atoms with E-state index in [4.69, 9.17) is 9.84 Å². The second-order valence-electron chi connectivity index (χ2n) is 8.95. The molecule has 1 aromatic heterocycles. The fourth-order valence-electron chi connectivity index (χ4n) is 4.79. The van der Waals surface area contributed by atoms with Crippen molar-refractivity contribution in [3.63, 3.8) is 0 Å². The number of nitrogens with one attached hydrogen (secondary N) is 2. The summed E-state index contributed by atoms with van der Waals surface area (Å²) in [5.41, 5.74) is 3.14. The molecule has 1 fully saturated rings. The zero-order valence-electron chi connectivity index (χ0n) is 18.8. The summed E-state index contributed by atoms with van der Waals surface area (Å²) in [5.74, 6) is -1.99. The van der Waals surface area contributed by atoms with Crippen LogP contribution in [0.25, 0.3) is 11.1 Å². The molecule has 0 saturated carbocycles. The lowest BCUT2D eigenvalue weighted by Crippen LogP contribution is -2.69. The van der Waals surface area contributed by atoms with E-state index in [0.717, 1.165) is 27.9 Å². The number of aliphatic hydroxyl groups is 1. The second kappa shape index (κ2) is 8.92. The normalized spacial score (nSPS) is 16.5. The molecule has 9 heteroatoms. The maximum Gasteiger partial charge on any atom is 0.407 e. The first-order valence-electron chi connectivity index (χ1n) is 11.3. The Bertz CT molecular complexity index is 1220. The number of H-pyrrole nitrogens is 1. The van der Waals surface area contributed by atoms with E-state index in [1.54, 1.807) is 18.3 Å². The van der Waals surface area contributed by atoms with E-state index in [1.165, 1.54) is 4.90 Å². The summed E-state index contributed by atoms with van der Waals surface area (Å²) in [5, 5.41) is 21.7. The van der Waals surface area contributed by atoms with Gasteiger partial charge in [0.05, 0.1) is 13.1 Å². The number of amides is 2. The van der Waals surface area contributed by atoms with Crippen LogP contribution >= 0.6 is 0 Å². The summed E-state index contributed by atoms with van der Waals surface area (Å²) in [6, 6.07) is 18.6. The number of carboxylic acids is 1. The zero-order chi connectivity index (χ0) is 24.6. The number of carboxylic acid groups (broad SMARTS) is 1. The van der Waals surface area contributed by atoms with Gasteiger partial charge in [-0.25, -0.2) is 9.59 Å². The number of hydrogen-bond donors (Lipinski definition) is 4. The molecule has 1 unspecified atom stereocenters. The molecule has 0 spiro atoms. The Labute approximate surface area is 201 Å². The van der Waals surface area contributed by atoms with Gasteiger partial charge < -0.3 is 30.2 Å². The molecule has 1 aliphatic carbocycles. The quantitative estimate of drug-likeness (QED) is 0.414. The predicted octanol–water partition coefficient (Wildman–Crippen LogP) is 2.12. The summed E-state index contributed by atoms with van der Waals surface area (Å²) in [4.78, 5) is 41.2. The number of ether oxygens (including phenoxy) is 1. The summed E-state index contributed by atoms with van der Waals surface area (Å²) < 4.78 is 5.58. The number of aliphatic carboxylic acids is 1. The van der Waals surface area contributed by atoms with E-state index in [2.05, 4.69) is 10.3 Å². The van der Waals surface area contributed by atoms with Crippen LogP contribution in [0.4, 0.5) is 4.79 Å². The lowest BCUT2D eigenvalue weighted by atomic mass is 9.93. The minimum atomic E-state index is -1.96. The zero-order valence-corrected chi connectivity index (χ0v) is 18.8. The molecule has 2 aromatic carbocycles. The van der Waals surface area contributed by atoms with Crippen LogP contribution in [0.1, 0.15) is 22.7 Å². The van der Waals surface area contributed by atoms with Crippen LogP contribution in [0.3, 0.4) is 0 Å². The van der Waals surface area contributed by atoms with Crippen LogP contribution in [-0.2, 0) is 20.7 Å². The Morgan fingerprint density at radius 2 is 1.66 bits per heavy atom. The van der Waals surface area contributed by atoms with Crippen LogP contribution in [0.15, 0.2) is 66.9 Å². The number of alkyl carbamates (subject to hydrolysis) is 1. The first-order valence-corrected chi connectivity index (χ1v) is 11.3. The number of likely N-dealkylation sites (tertiary alicyclic amines) is 1. The number of aromatic amines is 1. The maximum absolute atomic E-state index is 13.0. The van der Waals surface area contributed by atoms with Crippen molar-refractivity contribution in [3.8, 4) is 11.1 Å². The van der Waals surface area contributed by atoms with E-state index in [0.29, 0.717) is 0 Å². The largest absolute Gasteiger partial charge is 0.479 e. The van der Waals surface area contributed by atoms with Gasteiger partial charge in [0.25, 0.3) is 0 Å². The van der Waals surface area contributed by atoms with Crippen molar-refractivity contribution in [3.05, 3.63) is 83.7 Å². The molecule has 2 heterocycles. The predicted molar refractivity (Wildman–Crippen MR) is 126 cm³/mol. The molecule has 2 amide bonds. The van der Waals surface area contributed by atoms with E-state index < -0.39 is 29.6 Å². The van der Waals surface area contributed by atoms with Crippen LogP contribution in [0.2, 0.25) is 0 Å². The molecule has 180 valence electrons. The van der Waals surface area contributed by atoms with Crippen LogP contribution in [-0.4, -0.2) is 69.4 Å². The minimum Gasteiger partial charge on any atom is -0.479 e.